The van der Waals surface area contributed by atoms with Gasteiger partial charge in [0.1, 0.15) is 0 Å². The number of benzene rings is 1. The van der Waals surface area contributed by atoms with Crippen molar-refractivity contribution in [1.29, 1.82) is 0 Å². The zero-order valence-corrected chi connectivity index (χ0v) is 20.9. The summed E-state index contributed by atoms with van der Waals surface area (Å²) < 4.78 is 53.6. The van der Waals surface area contributed by atoms with Crippen molar-refractivity contribution in [3.05, 3.63) is 47.8 Å². The summed E-state index contributed by atoms with van der Waals surface area (Å²) in [6, 6.07) is 4.13. The Balaban J connectivity index is 2.01. The van der Waals surface area contributed by atoms with Crippen LogP contribution in [0.15, 0.2) is 36.4 Å². The molecule has 37 heavy (non-hydrogen) atoms. The van der Waals surface area contributed by atoms with Gasteiger partial charge in [0.2, 0.25) is 0 Å². The molecular weight excluding hydrogens is 491 g/mol. The number of nitrogens with one attached hydrogen (secondary N) is 1. The van der Waals surface area contributed by atoms with Gasteiger partial charge in [0.05, 0.1) is 0 Å². The van der Waals surface area contributed by atoms with Crippen LogP contribution in [0.5, 0.6) is 0 Å². The number of carbonyl (C=O) groups excluding carboxylic acids is 3. The summed E-state index contributed by atoms with van der Waals surface area (Å²) in [7, 11) is 1.56. The molecular formula is C25H29BF4N4O3. The number of rotatable bonds is 11. The number of likely N-dealkylation sites (N-methyl/N-ethyl adjacent to an activating group) is 1. The quantitative estimate of drug-likeness (QED) is 0.362. The van der Waals surface area contributed by atoms with Crippen molar-refractivity contribution in [3.63, 3.8) is 0 Å². The normalized spacial score (nSPS) is 17.1. The van der Waals surface area contributed by atoms with Crippen molar-refractivity contribution < 1.29 is 31.9 Å². The van der Waals surface area contributed by atoms with Gasteiger partial charge in [-0.05, 0) is 0 Å². The number of amides is 2. The van der Waals surface area contributed by atoms with Crippen LogP contribution in [0.25, 0.3) is 0 Å². The summed E-state index contributed by atoms with van der Waals surface area (Å²) in [5, 5.41) is 2.56. The molecule has 2 unspecified atom stereocenters. The molecule has 0 spiro atoms. The molecule has 0 bridgehead atoms. The zero-order chi connectivity index (χ0) is 27.4. The fraction of sp³-hybridized carbons (Fsp3) is 0.480. The molecule has 1 heterocycles. The molecule has 2 atom stereocenters. The van der Waals surface area contributed by atoms with Crippen LogP contribution in [0.4, 0.5) is 29.0 Å². The van der Waals surface area contributed by atoms with E-state index in [9.17, 15) is 31.9 Å². The number of hydrogen-bond donors (Lipinski definition) is 1. The van der Waals surface area contributed by atoms with Gasteiger partial charge in [-0.25, -0.2) is 0 Å². The van der Waals surface area contributed by atoms with E-state index in [1.807, 2.05) is 0 Å². The first kappa shape index (κ1) is 28.3. The minimum atomic E-state index is -2.84. The molecule has 3 rings (SSSR count). The Kier molecular flexibility index (Phi) is 8.70. The van der Waals surface area contributed by atoms with Gasteiger partial charge in [0.25, 0.3) is 0 Å². The van der Waals surface area contributed by atoms with E-state index in [1.165, 1.54) is 53.9 Å². The monoisotopic (exact) mass is 520 g/mol. The summed E-state index contributed by atoms with van der Waals surface area (Å²) in [4.78, 5) is 45.3. The molecule has 0 radical (unpaired) electrons. The average molecular weight is 520 g/mol. The fourth-order valence-corrected chi connectivity index (χ4v) is 4.35. The second-order valence-electron chi connectivity index (χ2n) is 9.50. The molecule has 1 aliphatic rings. The van der Waals surface area contributed by atoms with Gasteiger partial charge in [-0.2, -0.15) is 0 Å². The van der Waals surface area contributed by atoms with Gasteiger partial charge >= 0.3 is 213 Å². The first-order valence-electron chi connectivity index (χ1n) is 11.9. The third-order valence-electron chi connectivity index (χ3n) is 6.77. The Hall–Kier alpha value is -3.31. The van der Waals surface area contributed by atoms with Crippen LogP contribution >= 0.6 is 0 Å². The van der Waals surface area contributed by atoms with E-state index in [4.69, 9.17) is 0 Å². The molecule has 1 saturated carbocycles. The van der Waals surface area contributed by atoms with Gasteiger partial charge in [-0.3, -0.25) is 0 Å². The van der Waals surface area contributed by atoms with Gasteiger partial charge < -0.3 is 0 Å². The molecule has 0 aliphatic heterocycles. The molecule has 198 valence electrons. The van der Waals surface area contributed by atoms with Crippen molar-refractivity contribution in [3.8, 4) is 0 Å². The molecule has 0 saturated heterocycles. The van der Waals surface area contributed by atoms with Gasteiger partial charge in [0, 0.05) is 0 Å². The average Bonchev–Trinajstić information content (AvgIpc) is 2.86. The van der Waals surface area contributed by atoms with Crippen LogP contribution in [-0.4, -0.2) is 60.6 Å². The molecule has 1 aromatic carbocycles. The van der Waals surface area contributed by atoms with E-state index in [2.05, 4.69) is 10.3 Å². The predicted octanol–water partition coefficient (Wildman–Crippen LogP) is 3.54. The van der Waals surface area contributed by atoms with Crippen LogP contribution in [0, 0.1) is 5.82 Å². The van der Waals surface area contributed by atoms with E-state index < -0.39 is 60.7 Å². The summed E-state index contributed by atoms with van der Waals surface area (Å²) in [6.45, 7) is 3.58. The van der Waals surface area contributed by atoms with Crippen molar-refractivity contribution in [2.75, 3.05) is 16.8 Å². The third kappa shape index (κ3) is 6.34. The standard InChI is InChI=1S/C25H29BF4N4O3/c1-16(21(36)32-19-11-25(29,30)12-19)34(20-7-4-6-17(10-20)14-27)22(37)24(2,8-5-9-35)33(3)23-26-13-18(28)15-31-23/h4,6-7,9-10,13,15-16,19H,5,8,11-12,14H2,1-3H3,(H,32,36). The second-order valence-corrected chi connectivity index (χ2v) is 9.50. The van der Waals surface area contributed by atoms with Crippen LogP contribution in [0.1, 0.15) is 45.1 Å². The predicted molar refractivity (Wildman–Crippen MR) is 132 cm³/mol. The van der Waals surface area contributed by atoms with Crippen molar-refractivity contribution in [2.24, 2.45) is 0 Å². The molecule has 1 aromatic heterocycles. The van der Waals surface area contributed by atoms with E-state index in [0.717, 1.165) is 6.20 Å². The topological polar surface area (TPSA) is 82.6 Å². The van der Waals surface area contributed by atoms with Crippen LogP contribution < -0.4 is 15.1 Å². The summed E-state index contributed by atoms with van der Waals surface area (Å²) >= 11 is 0. The van der Waals surface area contributed by atoms with Gasteiger partial charge in [-0.1, -0.05) is 0 Å². The molecule has 1 aliphatic carbocycles. The first-order valence-corrected chi connectivity index (χ1v) is 11.9. The summed E-state index contributed by atoms with van der Waals surface area (Å²) in [6.07, 6.45) is 0.665. The van der Waals surface area contributed by atoms with E-state index >= 15 is 0 Å². The Morgan fingerprint density at radius 3 is 2.62 bits per heavy atom. The van der Waals surface area contributed by atoms with E-state index in [-0.39, 0.29) is 29.8 Å². The fourth-order valence-electron chi connectivity index (χ4n) is 4.35. The molecule has 2 amide bonds. The van der Waals surface area contributed by atoms with Gasteiger partial charge in [-0.15, -0.1) is 0 Å². The van der Waals surface area contributed by atoms with E-state index in [0.29, 0.717) is 6.29 Å². The third-order valence-corrected chi connectivity index (χ3v) is 6.77. The Morgan fingerprint density at radius 2 is 2.05 bits per heavy atom. The molecule has 1 N–H and O–H groups in total. The van der Waals surface area contributed by atoms with E-state index in [1.54, 1.807) is 14.0 Å². The Morgan fingerprint density at radius 1 is 1.35 bits per heavy atom. The molecule has 1 fully saturated rings. The van der Waals surface area contributed by atoms with Crippen LogP contribution in [0.2, 0.25) is 0 Å². The number of aromatic nitrogens is 1. The zero-order valence-electron chi connectivity index (χ0n) is 20.9. The molecule has 2 aromatic rings. The number of alkyl halides is 3. The number of carbonyl (C=O) groups is 3. The van der Waals surface area contributed by atoms with Gasteiger partial charge in [0.15, 0.2) is 0 Å². The summed E-state index contributed by atoms with van der Waals surface area (Å²) in [5.41, 5.74) is -0.714. The first-order chi connectivity index (χ1) is 17.4. The Bertz CT molecular complexity index is 1130. The molecule has 12 heteroatoms. The number of anilines is 2. The number of nitrogens with zero attached hydrogens (tertiary/aromatic N) is 3. The summed E-state index contributed by atoms with van der Waals surface area (Å²) in [5.74, 6) is -3.50. The number of hydrogen-bond acceptors (Lipinski definition) is 5. The van der Waals surface area contributed by atoms with Crippen LogP contribution in [-0.2, 0) is 21.1 Å². The second kappa shape index (κ2) is 11.4. The van der Waals surface area contributed by atoms with Crippen molar-refractivity contribution >= 4 is 36.4 Å². The maximum absolute atomic E-state index is 14.2. The number of aldehydes is 1. The SMILES string of the molecule is CC(C(=O)NC1CC(F)(F)C1)N(C(=O)C(C)(CCC=O)N(C)c1bcc(F)cn1)c1cccc(CF)c1. The molecule has 7 nitrogen and oxygen atoms in total. The van der Waals surface area contributed by atoms with Crippen molar-refractivity contribution in [1.82, 2.24) is 10.3 Å². The maximum atomic E-state index is 14.2. The Labute approximate surface area is 213 Å². The number of halogens is 4. The van der Waals surface area contributed by atoms with Crippen LogP contribution in [0.3, 0.4) is 0 Å². The van der Waals surface area contributed by atoms with Crippen molar-refractivity contribution in [2.45, 2.75) is 69.8 Å². The minimum absolute atomic E-state index is 0.0101.